The average molecular weight is 407 g/mol. The molecule has 1 amide bonds. The molecule has 0 saturated heterocycles. The zero-order chi connectivity index (χ0) is 21.1. The van der Waals surface area contributed by atoms with Gasteiger partial charge in [0.2, 0.25) is 0 Å². The molecule has 156 valence electrons. The molecule has 1 aliphatic heterocycles. The minimum Gasteiger partial charge on any atom is -0.503 e. The molecule has 4 nitrogen and oxygen atoms in total. The van der Waals surface area contributed by atoms with E-state index < -0.39 is 23.5 Å². The fraction of sp³-hybridized carbons (Fsp3) is 0.360. The van der Waals surface area contributed by atoms with Gasteiger partial charge >= 0.3 is 0 Å². The van der Waals surface area contributed by atoms with Gasteiger partial charge in [-0.2, -0.15) is 0 Å². The smallest absolute Gasteiger partial charge is 0.290 e. The summed E-state index contributed by atoms with van der Waals surface area (Å²) in [4.78, 5) is 27.8. The van der Waals surface area contributed by atoms with Gasteiger partial charge in [-0.25, -0.2) is 4.39 Å². The van der Waals surface area contributed by atoms with Gasteiger partial charge in [-0.3, -0.25) is 9.59 Å². The molecule has 1 heterocycles. The van der Waals surface area contributed by atoms with Gasteiger partial charge in [0.05, 0.1) is 11.6 Å². The highest BCUT2D eigenvalue weighted by atomic mass is 19.1. The molecule has 1 fully saturated rings. The van der Waals surface area contributed by atoms with Crippen LogP contribution in [0.15, 0.2) is 65.9 Å². The molecule has 1 saturated carbocycles. The third-order valence-corrected chi connectivity index (χ3v) is 6.20. The van der Waals surface area contributed by atoms with E-state index >= 15 is 0 Å². The summed E-state index contributed by atoms with van der Waals surface area (Å²) in [5, 5.41) is 10.7. The standard InChI is InChI=1S/C25H26FNO3/c26-20-14-8-7-13-19(20)23-22(21(28)16-15-17-9-3-1-4-10-17)24(29)25(30)27(23)18-11-5-2-6-12-18/h1,3-4,7-10,13-14,18,23,29H,2,5-6,11-12,15-16H2. The fourth-order valence-corrected chi connectivity index (χ4v) is 4.68. The Hall–Kier alpha value is -2.95. The third kappa shape index (κ3) is 3.89. The maximum absolute atomic E-state index is 14.8. The van der Waals surface area contributed by atoms with E-state index in [2.05, 4.69) is 0 Å². The van der Waals surface area contributed by atoms with Crippen LogP contribution < -0.4 is 0 Å². The van der Waals surface area contributed by atoms with Crippen molar-refractivity contribution < 1.29 is 19.1 Å². The van der Waals surface area contributed by atoms with E-state index in [-0.39, 0.29) is 29.4 Å². The van der Waals surface area contributed by atoms with Gasteiger partial charge in [-0.15, -0.1) is 0 Å². The Labute approximate surface area is 176 Å². The minimum atomic E-state index is -0.870. The lowest BCUT2D eigenvalue weighted by Gasteiger charge is -2.36. The highest BCUT2D eigenvalue weighted by Crippen LogP contribution is 2.43. The Bertz CT molecular complexity index is 963. The number of aliphatic hydroxyl groups is 1. The van der Waals surface area contributed by atoms with Crippen molar-refractivity contribution in [3.63, 3.8) is 0 Å². The van der Waals surface area contributed by atoms with Gasteiger partial charge in [-0.05, 0) is 30.9 Å². The first-order valence-corrected chi connectivity index (χ1v) is 10.6. The molecule has 5 heteroatoms. The van der Waals surface area contributed by atoms with Crippen LogP contribution in [0.5, 0.6) is 0 Å². The molecule has 0 radical (unpaired) electrons. The van der Waals surface area contributed by atoms with Crippen molar-refractivity contribution in [3.8, 4) is 0 Å². The monoisotopic (exact) mass is 407 g/mol. The summed E-state index contributed by atoms with van der Waals surface area (Å²) in [5.74, 6) is -1.86. The molecular weight excluding hydrogens is 381 g/mol. The number of carbonyl (C=O) groups is 2. The maximum Gasteiger partial charge on any atom is 0.290 e. The molecule has 4 rings (SSSR count). The number of rotatable bonds is 6. The number of nitrogens with zero attached hydrogens (tertiary/aromatic N) is 1. The van der Waals surface area contributed by atoms with Crippen LogP contribution in [0.4, 0.5) is 4.39 Å². The van der Waals surface area contributed by atoms with Crippen LogP contribution in [0.25, 0.3) is 0 Å². The summed E-state index contributed by atoms with van der Waals surface area (Å²) in [6.07, 6.45) is 5.32. The molecule has 1 atom stereocenters. The summed E-state index contributed by atoms with van der Waals surface area (Å²) in [6.45, 7) is 0. The van der Waals surface area contributed by atoms with Crippen LogP contribution in [0, 0.1) is 5.82 Å². The third-order valence-electron chi connectivity index (χ3n) is 6.20. The first-order valence-electron chi connectivity index (χ1n) is 10.6. The Morgan fingerprint density at radius 3 is 2.37 bits per heavy atom. The van der Waals surface area contributed by atoms with Crippen molar-refractivity contribution in [2.24, 2.45) is 0 Å². The zero-order valence-corrected chi connectivity index (χ0v) is 16.9. The van der Waals surface area contributed by atoms with Crippen molar-refractivity contribution in [2.75, 3.05) is 0 Å². The van der Waals surface area contributed by atoms with E-state index in [1.165, 1.54) is 6.07 Å². The van der Waals surface area contributed by atoms with Gasteiger partial charge in [0, 0.05) is 18.0 Å². The van der Waals surface area contributed by atoms with E-state index in [1.807, 2.05) is 30.3 Å². The second-order valence-corrected chi connectivity index (χ2v) is 8.10. The molecule has 2 aromatic carbocycles. The largest absolute Gasteiger partial charge is 0.503 e. The number of benzene rings is 2. The Kier molecular flexibility index (Phi) is 5.98. The second-order valence-electron chi connectivity index (χ2n) is 8.10. The topological polar surface area (TPSA) is 57.6 Å². The van der Waals surface area contributed by atoms with E-state index in [0.29, 0.717) is 6.42 Å². The average Bonchev–Trinajstić information content (AvgIpc) is 3.04. The zero-order valence-electron chi connectivity index (χ0n) is 16.9. The number of amides is 1. The number of halogens is 1. The summed E-state index contributed by atoms with van der Waals surface area (Å²) < 4.78 is 14.8. The Morgan fingerprint density at radius 2 is 1.67 bits per heavy atom. The molecule has 30 heavy (non-hydrogen) atoms. The van der Waals surface area contributed by atoms with E-state index in [9.17, 15) is 19.1 Å². The molecule has 0 spiro atoms. The van der Waals surface area contributed by atoms with Crippen LogP contribution in [0.3, 0.4) is 0 Å². The summed E-state index contributed by atoms with van der Waals surface area (Å²) in [6, 6.07) is 14.8. The first kappa shape index (κ1) is 20.3. The predicted molar refractivity (Wildman–Crippen MR) is 112 cm³/mol. The number of aryl methyl sites for hydroxylation is 1. The Balaban J connectivity index is 1.68. The highest BCUT2D eigenvalue weighted by molar-refractivity contribution is 6.09. The fourth-order valence-electron chi connectivity index (χ4n) is 4.68. The molecule has 2 aliphatic rings. The normalized spacial score (nSPS) is 20.1. The summed E-state index contributed by atoms with van der Waals surface area (Å²) in [5.41, 5.74) is 1.30. The number of Topliss-reactive ketones (excluding diaryl/α,β-unsaturated/α-hetero) is 1. The van der Waals surface area contributed by atoms with Crippen molar-refractivity contribution >= 4 is 11.7 Å². The molecule has 1 N–H and O–H groups in total. The maximum atomic E-state index is 14.8. The first-order chi connectivity index (χ1) is 14.6. The van der Waals surface area contributed by atoms with Crippen molar-refractivity contribution in [1.29, 1.82) is 0 Å². The molecule has 2 aromatic rings. The lowest BCUT2D eigenvalue weighted by Crippen LogP contribution is -2.41. The van der Waals surface area contributed by atoms with Crippen LogP contribution >= 0.6 is 0 Å². The van der Waals surface area contributed by atoms with Crippen LogP contribution in [-0.2, 0) is 16.0 Å². The van der Waals surface area contributed by atoms with Crippen LogP contribution in [-0.4, -0.2) is 27.7 Å². The number of hydrogen-bond donors (Lipinski definition) is 1. The lowest BCUT2D eigenvalue weighted by molar-refractivity contribution is -0.132. The molecule has 0 bridgehead atoms. The number of carbonyl (C=O) groups excluding carboxylic acids is 2. The van der Waals surface area contributed by atoms with Crippen molar-refractivity contribution in [1.82, 2.24) is 4.90 Å². The van der Waals surface area contributed by atoms with Gasteiger partial charge in [0.25, 0.3) is 5.91 Å². The van der Waals surface area contributed by atoms with Gasteiger partial charge in [0.1, 0.15) is 5.82 Å². The predicted octanol–water partition coefficient (Wildman–Crippen LogP) is 5.06. The molecule has 1 unspecified atom stereocenters. The van der Waals surface area contributed by atoms with E-state index in [1.54, 1.807) is 23.1 Å². The lowest BCUT2D eigenvalue weighted by atomic mass is 9.89. The number of aliphatic hydroxyl groups excluding tert-OH is 1. The second kappa shape index (κ2) is 8.82. The number of hydrogen-bond acceptors (Lipinski definition) is 3. The summed E-state index contributed by atoms with van der Waals surface area (Å²) >= 11 is 0. The highest BCUT2D eigenvalue weighted by Gasteiger charge is 2.47. The van der Waals surface area contributed by atoms with Gasteiger partial charge < -0.3 is 10.0 Å². The quantitative estimate of drug-likeness (QED) is 0.729. The van der Waals surface area contributed by atoms with Gasteiger partial charge in [-0.1, -0.05) is 67.8 Å². The van der Waals surface area contributed by atoms with Crippen molar-refractivity contribution in [3.05, 3.63) is 82.9 Å². The van der Waals surface area contributed by atoms with Crippen LogP contribution in [0.1, 0.15) is 55.7 Å². The SMILES string of the molecule is O=C(CCc1ccccc1)C1=C(O)C(=O)N(C2CCCCC2)C1c1ccccc1F. The van der Waals surface area contributed by atoms with Gasteiger partial charge in [0.15, 0.2) is 11.5 Å². The molecule has 0 aromatic heterocycles. The van der Waals surface area contributed by atoms with E-state index in [4.69, 9.17) is 0 Å². The molecule has 1 aliphatic carbocycles. The van der Waals surface area contributed by atoms with Crippen molar-refractivity contribution in [2.45, 2.75) is 57.0 Å². The van der Waals surface area contributed by atoms with E-state index in [0.717, 1.165) is 37.7 Å². The summed E-state index contributed by atoms with van der Waals surface area (Å²) in [7, 11) is 0. The number of ketones is 1. The van der Waals surface area contributed by atoms with Crippen LogP contribution in [0.2, 0.25) is 0 Å². The Morgan fingerprint density at radius 1 is 1.00 bits per heavy atom. The minimum absolute atomic E-state index is 0.0339. The molecular formula is C25H26FNO3.